The van der Waals surface area contributed by atoms with Gasteiger partial charge in [0.15, 0.2) is 0 Å². The highest BCUT2D eigenvalue weighted by Gasteiger charge is 2.25. The van der Waals surface area contributed by atoms with Crippen molar-refractivity contribution in [1.82, 2.24) is 10.2 Å². The molecular formula is C13H28N2. The van der Waals surface area contributed by atoms with Crippen molar-refractivity contribution in [3.63, 3.8) is 0 Å². The first-order chi connectivity index (χ1) is 6.93. The van der Waals surface area contributed by atoms with Crippen LogP contribution < -0.4 is 5.32 Å². The molecule has 2 nitrogen and oxygen atoms in total. The van der Waals surface area contributed by atoms with Gasteiger partial charge in [0, 0.05) is 24.7 Å². The third-order valence-electron chi connectivity index (χ3n) is 3.48. The average Bonchev–Trinajstić information content (AvgIpc) is 2.10. The van der Waals surface area contributed by atoms with E-state index < -0.39 is 0 Å². The number of nitrogens with zero attached hydrogens (tertiary/aromatic N) is 1. The Labute approximate surface area is 95.4 Å². The summed E-state index contributed by atoms with van der Waals surface area (Å²) in [5.41, 5.74) is 0.323. The molecule has 1 N–H and O–H groups in total. The zero-order chi connectivity index (χ0) is 11.5. The largest absolute Gasteiger partial charge is 0.314 e. The molecular weight excluding hydrogens is 184 g/mol. The summed E-state index contributed by atoms with van der Waals surface area (Å²) >= 11 is 0. The molecule has 15 heavy (non-hydrogen) atoms. The Morgan fingerprint density at radius 1 is 1.33 bits per heavy atom. The van der Waals surface area contributed by atoms with Crippen molar-refractivity contribution in [2.75, 3.05) is 19.6 Å². The first-order valence-corrected chi connectivity index (χ1v) is 6.42. The summed E-state index contributed by atoms with van der Waals surface area (Å²) in [6.07, 6.45) is 2.55. The van der Waals surface area contributed by atoms with Crippen molar-refractivity contribution >= 4 is 0 Å². The smallest absolute Gasteiger partial charge is 0.0125 e. The van der Waals surface area contributed by atoms with Crippen molar-refractivity contribution in [2.45, 2.75) is 59.0 Å². The SMILES string of the molecule is CCC1CCN(C(C)(C)C)CC(C)CN1. The van der Waals surface area contributed by atoms with Crippen LogP contribution in [0.5, 0.6) is 0 Å². The van der Waals surface area contributed by atoms with Gasteiger partial charge < -0.3 is 5.32 Å². The van der Waals surface area contributed by atoms with Gasteiger partial charge in [-0.05, 0) is 46.1 Å². The van der Waals surface area contributed by atoms with Crippen LogP contribution in [0.2, 0.25) is 0 Å². The molecule has 1 rings (SSSR count). The fourth-order valence-electron chi connectivity index (χ4n) is 2.27. The standard InChI is InChI=1S/C13H28N2/c1-6-12-7-8-15(13(3,4)5)10-11(2)9-14-12/h11-12,14H,6-10H2,1-5H3. The summed E-state index contributed by atoms with van der Waals surface area (Å²) in [5.74, 6) is 0.763. The molecule has 1 aliphatic heterocycles. The highest BCUT2D eigenvalue weighted by molar-refractivity contribution is 4.82. The Bertz CT molecular complexity index is 183. The lowest BCUT2D eigenvalue weighted by atomic mass is 9.98. The normalized spacial score (nSPS) is 31.0. The van der Waals surface area contributed by atoms with Gasteiger partial charge >= 0.3 is 0 Å². The van der Waals surface area contributed by atoms with Crippen LogP contribution in [0.4, 0.5) is 0 Å². The maximum absolute atomic E-state index is 3.67. The summed E-state index contributed by atoms with van der Waals surface area (Å²) in [7, 11) is 0. The van der Waals surface area contributed by atoms with Gasteiger partial charge in [0.2, 0.25) is 0 Å². The van der Waals surface area contributed by atoms with Crippen LogP contribution in [-0.2, 0) is 0 Å². The Morgan fingerprint density at radius 2 is 2.00 bits per heavy atom. The van der Waals surface area contributed by atoms with E-state index in [0.29, 0.717) is 5.54 Å². The Morgan fingerprint density at radius 3 is 2.53 bits per heavy atom. The number of rotatable bonds is 1. The Hall–Kier alpha value is -0.0800. The fourth-order valence-corrected chi connectivity index (χ4v) is 2.27. The first kappa shape index (κ1) is 13.0. The maximum Gasteiger partial charge on any atom is 0.0125 e. The number of nitrogens with one attached hydrogen (secondary N) is 1. The van der Waals surface area contributed by atoms with E-state index in [0.717, 1.165) is 12.0 Å². The molecule has 0 amide bonds. The van der Waals surface area contributed by atoms with Gasteiger partial charge in [0.25, 0.3) is 0 Å². The zero-order valence-corrected chi connectivity index (χ0v) is 11.1. The quantitative estimate of drug-likeness (QED) is 0.718. The van der Waals surface area contributed by atoms with E-state index in [2.05, 4.69) is 44.8 Å². The molecule has 0 aliphatic carbocycles. The van der Waals surface area contributed by atoms with Gasteiger partial charge in [0.05, 0.1) is 0 Å². The lowest BCUT2D eigenvalue weighted by molar-refractivity contribution is 0.0980. The third-order valence-corrected chi connectivity index (χ3v) is 3.48. The molecule has 1 saturated heterocycles. The van der Waals surface area contributed by atoms with Crippen LogP contribution in [0.1, 0.15) is 47.5 Å². The summed E-state index contributed by atoms with van der Waals surface area (Å²) < 4.78 is 0. The molecule has 2 atom stereocenters. The minimum Gasteiger partial charge on any atom is -0.314 e. The second-order valence-corrected chi connectivity index (χ2v) is 6.02. The monoisotopic (exact) mass is 212 g/mol. The van der Waals surface area contributed by atoms with Crippen molar-refractivity contribution in [3.05, 3.63) is 0 Å². The van der Waals surface area contributed by atoms with Crippen LogP contribution in [-0.4, -0.2) is 36.1 Å². The van der Waals surface area contributed by atoms with Gasteiger partial charge in [-0.1, -0.05) is 13.8 Å². The number of hydrogen-bond acceptors (Lipinski definition) is 2. The van der Waals surface area contributed by atoms with E-state index in [-0.39, 0.29) is 0 Å². The van der Waals surface area contributed by atoms with Crippen LogP contribution in [0, 0.1) is 5.92 Å². The van der Waals surface area contributed by atoms with Gasteiger partial charge in [-0.25, -0.2) is 0 Å². The molecule has 0 aromatic carbocycles. The lowest BCUT2D eigenvalue weighted by Gasteiger charge is -2.40. The molecule has 1 fully saturated rings. The first-order valence-electron chi connectivity index (χ1n) is 6.42. The Kier molecular flexibility index (Phi) is 4.60. The van der Waals surface area contributed by atoms with Crippen molar-refractivity contribution in [1.29, 1.82) is 0 Å². The zero-order valence-electron chi connectivity index (χ0n) is 11.1. The van der Waals surface area contributed by atoms with Gasteiger partial charge in [-0.3, -0.25) is 4.90 Å². The molecule has 0 saturated carbocycles. The second kappa shape index (κ2) is 5.31. The second-order valence-electron chi connectivity index (χ2n) is 6.02. The molecule has 0 aromatic heterocycles. The fraction of sp³-hybridized carbons (Fsp3) is 1.00. The molecule has 2 heteroatoms. The highest BCUT2D eigenvalue weighted by atomic mass is 15.2. The van der Waals surface area contributed by atoms with E-state index in [1.165, 1.54) is 32.5 Å². The van der Waals surface area contributed by atoms with Crippen LogP contribution in [0.25, 0.3) is 0 Å². The summed E-state index contributed by atoms with van der Waals surface area (Å²) in [5, 5.41) is 3.67. The molecule has 0 spiro atoms. The topological polar surface area (TPSA) is 15.3 Å². The van der Waals surface area contributed by atoms with Crippen LogP contribution >= 0.6 is 0 Å². The van der Waals surface area contributed by atoms with Gasteiger partial charge in [0.1, 0.15) is 0 Å². The van der Waals surface area contributed by atoms with E-state index >= 15 is 0 Å². The minimum absolute atomic E-state index is 0.323. The van der Waals surface area contributed by atoms with Crippen molar-refractivity contribution in [3.8, 4) is 0 Å². The maximum atomic E-state index is 3.67. The van der Waals surface area contributed by atoms with Crippen molar-refractivity contribution in [2.24, 2.45) is 5.92 Å². The van der Waals surface area contributed by atoms with Crippen LogP contribution in [0.3, 0.4) is 0 Å². The molecule has 90 valence electrons. The van der Waals surface area contributed by atoms with Crippen molar-refractivity contribution < 1.29 is 0 Å². The lowest BCUT2D eigenvalue weighted by Crippen LogP contribution is -2.50. The predicted molar refractivity (Wildman–Crippen MR) is 67.2 cm³/mol. The molecule has 1 heterocycles. The average molecular weight is 212 g/mol. The van der Waals surface area contributed by atoms with Crippen LogP contribution in [0.15, 0.2) is 0 Å². The molecule has 2 unspecified atom stereocenters. The van der Waals surface area contributed by atoms with E-state index in [1.807, 2.05) is 0 Å². The van der Waals surface area contributed by atoms with E-state index in [1.54, 1.807) is 0 Å². The third kappa shape index (κ3) is 4.12. The Balaban J connectivity index is 2.58. The predicted octanol–water partition coefficient (Wildman–Crippen LogP) is 2.49. The number of hydrogen-bond donors (Lipinski definition) is 1. The van der Waals surface area contributed by atoms with Gasteiger partial charge in [-0.2, -0.15) is 0 Å². The molecule has 0 aromatic rings. The van der Waals surface area contributed by atoms with E-state index in [4.69, 9.17) is 0 Å². The highest BCUT2D eigenvalue weighted by Crippen LogP contribution is 2.18. The molecule has 0 radical (unpaired) electrons. The van der Waals surface area contributed by atoms with Gasteiger partial charge in [-0.15, -0.1) is 0 Å². The summed E-state index contributed by atoms with van der Waals surface area (Å²) in [6.45, 7) is 15.3. The van der Waals surface area contributed by atoms with E-state index in [9.17, 15) is 0 Å². The minimum atomic E-state index is 0.323. The summed E-state index contributed by atoms with van der Waals surface area (Å²) in [4.78, 5) is 2.64. The summed E-state index contributed by atoms with van der Waals surface area (Å²) in [6, 6.07) is 0.720. The molecule has 1 aliphatic rings. The molecule has 0 bridgehead atoms.